The number of benzene rings is 2. The molecule has 2 aliphatic heterocycles. The summed E-state index contributed by atoms with van der Waals surface area (Å²) in [6, 6.07) is 10.1. The van der Waals surface area contributed by atoms with Crippen LogP contribution in [0.4, 0.5) is 5.69 Å². The first kappa shape index (κ1) is 19.1. The third-order valence-electron chi connectivity index (χ3n) is 5.24. The fourth-order valence-electron chi connectivity index (χ4n) is 3.80. The van der Waals surface area contributed by atoms with Gasteiger partial charge in [0.25, 0.3) is 11.8 Å². The van der Waals surface area contributed by atoms with Crippen molar-refractivity contribution in [2.75, 3.05) is 18.5 Å². The SMILES string of the molecule is O=C(Nc1ccc2c(c1)C(=O)N1CCCCC1CCO2)c1cc(Cl)ccc1Cl. The van der Waals surface area contributed by atoms with Crippen molar-refractivity contribution in [3.05, 3.63) is 57.6 Å². The number of hydrogen-bond donors (Lipinski definition) is 1. The lowest BCUT2D eigenvalue weighted by molar-refractivity contribution is 0.0548. The molecule has 1 saturated heterocycles. The lowest BCUT2D eigenvalue weighted by Crippen LogP contribution is -2.45. The second-order valence-corrected chi connectivity index (χ2v) is 7.92. The van der Waals surface area contributed by atoms with Crippen molar-refractivity contribution >= 4 is 40.7 Å². The van der Waals surface area contributed by atoms with Gasteiger partial charge in [-0.2, -0.15) is 0 Å². The van der Waals surface area contributed by atoms with Crippen molar-refractivity contribution in [1.82, 2.24) is 4.90 Å². The van der Waals surface area contributed by atoms with E-state index in [1.165, 1.54) is 6.07 Å². The van der Waals surface area contributed by atoms with Gasteiger partial charge in [0.2, 0.25) is 0 Å². The van der Waals surface area contributed by atoms with E-state index in [0.29, 0.717) is 33.7 Å². The molecule has 7 heteroatoms. The van der Waals surface area contributed by atoms with Gasteiger partial charge in [0, 0.05) is 29.7 Å². The molecule has 2 aliphatic rings. The summed E-state index contributed by atoms with van der Waals surface area (Å²) in [6.07, 6.45) is 4.00. The lowest BCUT2D eigenvalue weighted by atomic mass is 9.97. The lowest BCUT2D eigenvalue weighted by Gasteiger charge is -2.37. The van der Waals surface area contributed by atoms with Crippen LogP contribution in [0.3, 0.4) is 0 Å². The number of amides is 2. The number of anilines is 1. The van der Waals surface area contributed by atoms with Crippen LogP contribution in [0.1, 0.15) is 46.4 Å². The zero-order valence-corrected chi connectivity index (χ0v) is 16.7. The number of piperidine rings is 1. The molecule has 2 aromatic rings. The highest BCUT2D eigenvalue weighted by molar-refractivity contribution is 6.36. The largest absolute Gasteiger partial charge is 0.493 e. The van der Waals surface area contributed by atoms with Crippen LogP contribution in [-0.2, 0) is 0 Å². The average Bonchev–Trinajstić information content (AvgIpc) is 2.69. The Labute approximate surface area is 173 Å². The molecule has 2 amide bonds. The van der Waals surface area contributed by atoms with E-state index in [2.05, 4.69) is 5.32 Å². The molecule has 1 fully saturated rings. The van der Waals surface area contributed by atoms with Crippen LogP contribution in [0.25, 0.3) is 0 Å². The van der Waals surface area contributed by atoms with Crippen molar-refractivity contribution in [1.29, 1.82) is 0 Å². The van der Waals surface area contributed by atoms with Gasteiger partial charge in [0.15, 0.2) is 0 Å². The molecule has 0 saturated carbocycles. The number of nitrogens with zero attached hydrogens (tertiary/aromatic N) is 1. The van der Waals surface area contributed by atoms with E-state index >= 15 is 0 Å². The van der Waals surface area contributed by atoms with E-state index < -0.39 is 0 Å². The molecule has 0 radical (unpaired) electrons. The van der Waals surface area contributed by atoms with Gasteiger partial charge in [0.05, 0.1) is 22.8 Å². The molecule has 1 atom stereocenters. The van der Waals surface area contributed by atoms with Crippen LogP contribution in [0.2, 0.25) is 10.0 Å². The maximum absolute atomic E-state index is 13.1. The molecule has 0 aromatic heterocycles. The molecular formula is C21H20Cl2N2O3. The van der Waals surface area contributed by atoms with E-state index in [4.69, 9.17) is 27.9 Å². The zero-order valence-electron chi connectivity index (χ0n) is 15.2. The molecule has 4 rings (SSSR count). The van der Waals surface area contributed by atoms with Crippen molar-refractivity contribution in [3.63, 3.8) is 0 Å². The third-order valence-corrected chi connectivity index (χ3v) is 5.80. The van der Waals surface area contributed by atoms with Crippen LogP contribution in [0.15, 0.2) is 36.4 Å². The summed E-state index contributed by atoms with van der Waals surface area (Å²) in [5.74, 6) is 0.117. The monoisotopic (exact) mass is 418 g/mol. The van der Waals surface area contributed by atoms with Gasteiger partial charge < -0.3 is 15.0 Å². The molecule has 5 nitrogen and oxygen atoms in total. The first-order valence-electron chi connectivity index (χ1n) is 9.37. The molecule has 0 aliphatic carbocycles. The van der Waals surface area contributed by atoms with Crippen molar-refractivity contribution in [2.24, 2.45) is 0 Å². The van der Waals surface area contributed by atoms with E-state index in [1.54, 1.807) is 30.3 Å². The number of ether oxygens (including phenoxy) is 1. The number of halogens is 2. The van der Waals surface area contributed by atoms with E-state index in [0.717, 1.165) is 32.2 Å². The third kappa shape index (κ3) is 3.82. The Kier molecular flexibility index (Phi) is 5.47. The Balaban J connectivity index is 1.61. The number of rotatable bonds is 2. The summed E-state index contributed by atoms with van der Waals surface area (Å²) in [4.78, 5) is 27.7. The average molecular weight is 419 g/mol. The van der Waals surface area contributed by atoms with Gasteiger partial charge in [-0.05, 0) is 55.7 Å². The first-order valence-corrected chi connectivity index (χ1v) is 10.1. The summed E-state index contributed by atoms with van der Waals surface area (Å²) in [5, 5.41) is 3.53. The fraction of sp³-hybridized carbons (Fsp3) is 0.333. The molecule has 1 unspecified atom stereocenters. The number of nitrogens with one attached hydrogen (secondary N) is 1. The highest BCUT2D eigenvalue weighted by Gasteiger charge is 2.31. The Hall–Kier alpha value is -2.24. The summed E-state index contributed by atoms with van der Waals surface area (Å²) >= 11 is 12.1. The molecule has 2 heterocycles. The molecule has 146 valence electrons. The van der Waals surface area contributed by atoms with Crippen LogP contribution in [0, 0.1) is 0 Å². The van der Waals surface area contributed by atoms with Gasteiger partial charge in [0.1, 0.15) is 5.75 Å². The van der Waals surface area contributed by atoms with Gasteiger partial charge in [-0.3, -0.25) is 9.59 Å². The van der Waals surface area contributed by atoms with Crippen molar-refractivity contribution in [3.8, 4) is 5.75 Å². The van der Waals surface area contributed by atoms with Crippen LogP contribution in [-0.4, -0.2) is 35.9 Å². The van der Waals surface area contributed by atoms with Gasteiger partial charge in [-0.1, -0.05) is 23.2 Å². The highest BCUT2D eigenvalue weighted by atomic mass is 35.5. The summed E-state index contributed by atoms with van der Waals surface area (Å²) in [6.45, 7) is 1.34. The quantitative estimate of drug-likeness (QED) is 0.744. The minimum atomic E-state index is -0.387. The van der Waals surface area contributed by atoms with E-state index in [9.17, 15) is 9.59 Å². The standard InChI is InChI=1S/C21H20Cl2N2O3/c22-13-4-6-18(23)16(11-13)20(26)24-14-5-7-19-17(12-14)21(27)25-9-2-1-3-15(25)8-10-28-19/h4-7,11-12,15H,1-3,8-10H2,(H,24,26). The summed E-state index contributed by atoms with van der Waals surface area (Å²) in [7, 11) is 0. The van der Waals surface area contributed by atoms with Gasteiger partial charge in [-0.15, -0.1) is 0 Å². The predicted molar refractivity (Wildman–Crippen MR) is 110 cm³/mol. The predicted octanol–water partition coefficient (Wildman–Crippen LogP) is 5.02. The molecule has 1 N–H and O–H groups in total. The first-order chi connectivity index (χ1) is 13.5. The maximum atomic E-state index is 13.1. The number of carbonyl (C=O) groups excluding carboxylic acids is 2. The second-order valence-electron chi connectivity index (χ2n) is 7.07. The van der Waals surface area contributed by atoms with Crippen LogP contribution >= 0.6 is 23.2 Å². The smallest absolute Gasteiger partial charge is 0.257 e. The normalized spacial score (nSPS) is 19.0. The van der Waals surface area contributed by atoms with Crippen molar-refractivity contribution in [2.45, 2.75) is 31.7 Å². The summed E-state index contributed by atoms with van der Waals surface area (Å²) < 4.78 is 5.83. The second kappa shape index (κ2) is 8.02. The topological polar surface area (TPSA) is 58.6 Å². The Bertz CT molecular complexity index is 932. The highest BCUT2D eigenvalue weighted by Crippen LogP contribution is 2.31. The Morgan fingerprint density at radius 1 is 1.11 bits per heavy atom. The number of carbonyl (C=O) groups is 2. The maximum Gasteiger partial charge on any atom is 0.257 e. The Morgan fingerprint density at radius 2 is 1.96 bits per heavy atom. The Morgan fingerprint density at radius 3 is 2.82 bits per heavy atom. The minimum Gasteiger partial charge on any atom is -0.493 e. The van der Waals surface area contributed by atoms with E-state index in [1.807, 2.05) is 4.90 Å². The minimum absolute atomic E-state index is 0.0451. The van der Waals surface area contributed by atoms with Crippen molar-refractivity contribution < 1.29 is 14.3 Å². The zero-order chi connectivity index (χ0) is 19.7. The number of hydrogen-bond acceptors (Lipinski definition) is 3. The van der Waals surface area contributed by atoms with Crippen LogP contribution in [0.5, 0.6) is 5.75 Å². The van der Waals surface area contributed by atoms with Crippen LogP contribution < -0.4 is 10.1 Å². The fourth-order valence-corrected chi connectivity index (χ4v) is 4.17. The number of fused-ring (bicyclic) bond motifs is 2. The molecule has 0 bridgehead atoms. The molecular weight excluding hydrogens is 399 g/mol. The van der Waals surface area contributed by atoms with Gasteiger partial charge in [-0.25, -0.2) is 0 Å². The molecule has 28 heavy (non-hydrogen) atoms. The molecule has 2 aromatic carbocycles. The summed E-state index contributed by atoms with van der Waals surface area (Å²) in [5.41, 5.74) is 1.26. The molecule has 0 spiro atoms. The van der Waals surface area contributed by atoms with E-state index in [-0.39, 0.29) is 23.4 Å². The van der Waals surface area contributed by atoms with Gasteiger partial charge >= 0.3 is 0 Å².